The number of nitrogen functional groups attached to an aromatic ring is 1. The van der Waals surface area contributed by atoms with Crippen LogP contribution in [-0.2, 0) is 9.47 Å². The summed E-state index contributed by atoms with van der Waals surface area (Å²) < 4.78 is 24.2. The molecule has 0 radical (unpaired) electrons. The van der Waals surface area contributed by atoms with Crippen molar-refractivity contribution >= 4 is 17.3 Å². The summed E-state index contributed by atoms with van der Waals surface area (Å²) in [6.45, 7) is 4.02. The van der Waals surface area contributed by atoms with E-state index in [1.807, 2.05) is 0 Å². The number of nitrogens with one attached hydrogen (secondary N) is 1. The molecule has 0 aromatic heterocycles. The summed E-state index contributed by atoms with van der Waals surface area (Å²) in [6, 6.07) is 2.55. The summed E-state index contributed by atoms with van der Waals surface area (Å²) in [5.41, 5.74) is 6.20. The molecule has 0 spiro atoms. The van der Waals surface area contributed by atoms with Crippen molar-refractivity contribution in [2.75, 3.05) is 37.4 Å². The van der Waals surface area contributed by atoms with Gasteiger partial charge >= 0.3 is 5.97 Å². The van der Waals surface area contributed by atoms with Crippen LogP contribution in [0.15, 0.2) is 12.1 Å². The van der Waals surface area contributed by atoms with Crippen LogP contribution in [0.2, 0.25) is 0 Å². The van der Waals surface area contributed by atoms with Crippen molar-refractivity contribution in [1.82, 2.24) is 0 Å². The maximum Gasteiger partial charge on any atom is 0.340 e. The molecule has 1 saturated heterocycles. The Balaban J connectivity index is 2.07. The summed E-state index contributed by atoms with van der Waals surface area (Å²) in [5.74, 6) is -0.668. The molecule has 0 aliphatic carbocycles. The second kappa shape index (κ2) is 7.26. The van der Waals surface area contributed by atoms with Crippen LogP contribution in [0.4, 0.5) is 15.8 Å². The summed E-state index contributed by atoms with van der Waals surface area (Å²) in [5, 5.41) is 3.03. The molecular formula is C15H21FN2O3. The maximum absolute atomic E-state index is 13.9. The van der Waals surface area contributed by atoms with Crippen molar-refractivity contribution in [1.29, 1.82) is 0 Å². The number of anilines is 2. The first-order valence-electron chi connectivity index (χ1n) is 7.19. The molecule has 2 rings (SSSR count). The van der Waals surface area contributed by atoms with Crippen LogP contribution in [0.3, 0.4) is 0 Å². The Morgan fingerprint density at radius 3 is 3.05 bits per heavy atom. The van der Waals surface area contributed by atoms with Crippen molar-refractivity contribution in [3.05, 3.63) is 23.5 Å². The van der Waals surface area contributed by atoms with Crippen LogP contribution >= 0.6 is 0 Å². The first-order valence-corrected chi connectivity index (χ1v) is 7.19. The van der Waals surface area contributed by atoms with Crippen LogP contribution in [-0.4, -0.2) is 32.3 Å². The number of esters is 1. The SMILES string of the molecule is CCOC(=O)c1cc(NCC2CCCOC2)c(F)cc1N. The fraction of sp³-hybridized carbons (Fsp3) is 0.533. The zero-order valence-corrected chi connectivity index (χ0v) is 12.2. The van der Waals surface area contributed by atoms with E-state index in [1.165, 1.54) is 6.07 Å². The van der Waals surface area contributed by atoms with E-state index < -0.39 is 11.8 Å². The second-order valence-corrected chi connectivity index (χ2v) is 5.10. The Hall–Kier alpha value is -1.82. The fourth-order valence-electron chi connectivity index (χ4n) is 2.33. The minimum Gasteiger partial charge on any atom is -0.462 e. The molecule has 1 fully saturated rings. The van der Waals surface area contributed by atoms with E-state index in [0.29, 0.717) is 19.1 Å². The van der Waals surface area contributed by atoms with Gasteiger partial charge in [-0.3, -0.25) is 0 Å². The van der Waals surface area contributed by atoms with Gasteiger partial charge in [0.25, 0.3) is 0 Å². The van der Waals surface area contributed by atoms with Crippen molar-refractivity contribution < 1.29 is 18.7 Å². The first-order chi connectivity index (χ1) is 10.1. The van der Waals surface area contributed by atoms with Crippen molar-refractivity contribution in [2.24, 2.45) is 5.92 Å². The molecule has 1 heterocycles. The lowest BCUT2D eigenvalue weighted by molar-refractivity contribution is 0.0527. The topological polar surface area (TPSA) is 73.6 Å². The lowest BCUT2D eigenvalue weighted by atomic mass is 10.0. The third kappa shape index (κ3) is 4.07. The largest absolute Gasteiger partial charge is 0.462 e. The molecule has 1 aromatic rings. The Morgan fingerprint density at radius 1 is 1.57 bits per heavy atom. The predicted molar refractivity (Wildman–Crippen MR) is 78.8 cm³/mol. The van der Waals surface area contributed by atoms with Gasteiger partial charge in [-0.1, -0.05) is 0 Å². The minimum atomic E-state index is -0.543. The molecule has 1 atom stereocenters. The van der Waals surface area contributed by atoms with Crippen LogP contribution in [0.25, 0.3) is 0 Å². The van der Waals surface area contributed by atoms with Gasteiger partial charge in [0.1, 0.15) is 5.82 Å². The number of nitrogens with two attached hydrogens (primary N) is 1. The number of hydrogen-bond donors (Lipinski definition) is 2. The molecule has 1 aromatic carbocycles. The maximum atomic E-state index is 13.9. The molecule has 1 unspecified atom stereocenters. The highest BCUT2D eigenvalue weighted by atomic mass is 19.1. The molecule has 0 bridgehead atoms. The van der Waals surface area contributed by atoms with Gasteiger partial charge in [0.15, 0.2) is 0 Å². The number of rotatable bonds is 5. The number of benzene rings is 1. The number of carbonyl (C=O) groups is 1. The van der Waals surface area contributed by atoms with E-state index >= 15 is 0 Å². The molecule has 5 nitrogen and oxygen atoms in total. The summed E-state index contributed by atoms with van der Waals surface area (Å²) in [7, 11) is 0. The zero-order valence-electron chi connectivity index (χ0n) is 12.2. The highest BCUT2D eigenvalue weighted by molar-refractivity contribution is 5.96. The van der Waals surface area contributed by atoms with Gasteiger partial charge in [0.05, 0.1) is 24.5 Å². The van der Waals surface area contributed by atoms with Crippen LogP contribution < -0.4 is 11.1 Å². The molecule has 1 aliphatic heterocycles. The normalized spacial score (nSPS) is 18.3. The van der Waals surface area contributed by atoms with E-state index in [-0.39, 0.29) is 23.5 Å². The molecule has 0 amide bonds. The third-order valence-corrected chi connectivity index (χ3v) is 3.47. The van der Waals surface area contributed by atoms with Crippen LogP contribution in [0, 0.1) is 11.7 Å². The fourth-order valence-corrected chi connectivity index (χ4v) is 2.33. The zero-order chi connectivity index (χ0) is 15.2. The first kappa shape index (κ1) is 15.6. The van der Waals surface area contributed by atoms with E-state index in [4.69, 9.17) is 15.2 Å². The Bertz CT molecular complexity index is 502. The molecule has 3 N–H and O–H groups in total. The summed E-state index contributed by atoms with van der Waals surface area (Å²) in [4.78, 5) is 11.8. The van der Waals surface area contributed by atoms with Crippen LogP contribution in [0.1, 0.15) is 30.1 Å². The Morgan fingerprint density at radius 2 is 2.38 bits per heavy atom. The molecular weight excluding hydrogens is 275 g/mol. The van der Waals surface area contributed by atoms with E-state index in [1.54, 1.807) is 6.92 Å². The van der Waals surface area contributed by atoms with Gasteiger partial charge < -0.3 is 20.5 Å². The molecule has 116 valence electrons. The number of ether oxygens (including phenoxy) is 2. The summed E-state index contributed by atoms with van der Waals surface area (Å²) >= 11 is 0. The second-order valence-electron chi connectivity index (χ2n) is 5.10. The van der Waals surface area contributed by atoms with Crippen molar-refractivity contribution in [3.8, 4) is 0 Å². The molecule has 6 heteroatoms. The van der Waals surface area contributed by atoms with Gasteiger partial charge in [-0.25, -0.2) is 9.18 Å². The predicted octanol–water partition coefficient (Wildman–Crippen LogP) is 2.42. The number of carbonyl (C=O) groups excluding carboxylic acids is 1. The smallest absolute Gasteiger partial charge is 0.340 e. The highest BCUT2D eigenvalue weighted by Gasteiger charge is 2.17. The van der Waals surface area contributed by atoms with Gasteiger partial charge in [0.2, 0.25) is 0 Å². The highest BCUT2D eigenvalue weighted by Crippen LogP contribution is 2.24. The van der Waals surface area contributed by atoms with E-state index in [0.717, 1.165) is 25.5 Å². The standard InChI is InChI=1S/C15H21FN2O3/c1-2-21-15(19)11-6-14(12(16)7-13(11)17)18-8-10-4-3-5-20-9-10/h6-7,10,18H,2-5,8-9,17H2,1H3. The summed E-state index contributed by atoms with van der Waals surface area (Å²) in [6.07, 6.45) is 2.07. The average molecular weight is 296 g/mol. The van der Waals surface area contributed by atoms with E-state index in [9.17, 15) is 9.18 Å². The number of hydrogen-bond acceptors (Lipinski definition) is 5. The third-order valence-electron chi connectivity index (χ3n) is 3.47. The minimum absolute atomic E-state index is 0.0810. The molecule has 21 heavy (non-hydrogen) atoms. The van der Waals surface area contributed by atoms with E-state index in [2.05, 4.69) is 5.32 Å². The lowest BCUT2D eigenvalue weighted by Crippen LogP contribution is -2.24. The van der Waals surface area contributed by atoms with Crippen LogP contribution in [0.5, 0.6) is 0 Å². The molecule has 0 saturated carbocycles. The molecule has 1 aliphatic rings. The van der Waals surface area contributed by atoms with Gasteiger partial charge in [-0.2, -0.15) is 0 Å². The van der Waals surface area contributed by atoms with Crippen molar-refractivity contribution in [3.63, 3.8) is 0 Å². The van der Waals surface area contributed by atoms with Gasteiger partial charge in [-0.15, -0.1) is 0 Å². The monoisotopic (exact) mass is 296 g/mol. The number of halogens is 1. The average Bonchev–Trinajstić information content (AvgIpc) is 2.47. The van der Waals surface area contributed by atoms with Crippen molar-refractivity contribution in [2.45, 2.75) is 19.8 Å². The van der Waals surface area contributed by atoms with Gasteiger partial charge in [0, 0.05) is 18.8 Å². The Labute approximate surface area is 123 Å². The quantitative estimate of drug-likeness (QED) is 0.645. The van der Waals surface area contributed by atoms with Gasteiger partial charge in [-0.05, 0) is 37.8 Å². The Kier molecular flexibility index (Phi) is 5.38. The lowest BCUT2D eigenvalue weighted by Gasteiger charge is -2.23.